The van der Waals surface area contributed by atoms with E-state index in [0.717, 1.165) is 18.2 Å². The van der Waals surface area contributed by atoms with Gasteiger partial charge in [-0.15, -0.1) is 5.11 Å². The van der Waals surface area contributed by atoms with E-state index in [0.29, 0.717) is 34.3 Å². The molecule has 6 rings (SSSR count). The molecule has 0 N–H and O–H groups in total. The Kier molecular flexibility index (Phi) is 14.1. The minimum Gasteiger partial charge on any atom is -0.871 e. The summed E-state index contributed by atoms with van der Waals surface area (Å²) in [6, 6.07) is 22.4. The third-order valence-corrected chi connectivity index (χ3v) is 7.86. The van der Waals surface area contributed by atoms with E-state index >= 15 is 0 Å². The molecule has 0 saturated carbocycles. The van der Waals surface area contributed by atoms with Gasteiger partial charge < -0.3 is 25.0 Å². The molecule has 54 heavy (non-hydrogen) atoms. The standard InChI is InChI=1S/C16H13N5O4.C16H11N3O7S.Cr.Na/c1-10-15(16(23)20(19-10)11-5-3-2-4-6-11)18-17-13-9-12(21(24)25)7-8-14(13)22;20-13-6-5-9-3-1-2-4-11(9)15(13)18-17-12-7-10(19(22)23)8-14(16(12)21)27(24,25)26;;/h2-9,22-23H,1H3;1-8,20-21H,(H,24,25,26);;/q;;+3;+1/p-4. The van der Waals surface area contributed by atoms with Crippen molar-refractivity contribution in [3.8, 4) is 28.8 Å². The first kappa shape index (κ1) is 42.6. The summed E-state index contributed by atoms with van der Waals surface area (Å²) in [5, 5.41) is 89.9. The average molecular weight is 800 g/mol. The number of fused-ring (bicyclic) bond motifs is 1. The molecule has 0 aliphatic rings. The number of non-ortho nitro benzene ring substituents is 2. The molecule has 6 aromatic rings. The second kappa shape index (κ2) is 17.8. The van der Waals surface area contributed by atoms with Crippen molar-refractivity contribution in [2.75, 3.05) is 0 Å². The van der Waals surface area contributed by atoms with Crippen LogP contribution in [-0.4, -0.2) is 32.6 Å². The van der Waals surface area contributed by atoms with Gasteiger partial charge in [0.2, 0.25) is 0 Å². The van der Waals surface area contributed by atoms with Crippen LogP contribution in [0, 0.1) is 27.2 Å². The molecule has 267 valence electrons. The Morgan fingerprint density at radius 1 is 0.704 bits per heavy atom. The van der Waals surface area contributed by atoms with Gasteiger partial charge >= 0.3 is 48.3 Å². The summed E-state index contributed by atoms with van der Waals surface area (Å²) in [6.07, 6.45) is 0. The molecule has 1 radical (unpaired) electrons. The minimum atomic E-state index is -5.27. The molecule has 0 saturated heterocycles. The molecule has 0 bridgehead atoms. The van der Waals surface area contributed by atoms with Crippen molar-refractivity contribution in [3.63, 3.8) is 0 Å². The van der Waals surface area contributed by atoms with Gasteiger partial charge in [0.05, 0.1) is 43.2 Å². The number of rotatable bonds is 8. The molecule has 0 aliphatic heterocycles. The summed E-state index contributed by atoms with van der Waals surface area (Å²) < 4.78 is 34.7. The van der Waals surface area contributed by atoms with E-state index in [-0.39, 0.29) is 71.1 Å². The van der Waals surface area contributed by atoms with Crippen LogP contribution in [0.15, 0.2) is 122 Å². The Balaban J connectivity index is 0.000000361. The third-order valence-electron chi connectivity index (χ3n) is 7.02. The van der Waals surface area contributed by atoms with Crippen molar-refractivity contribution < 1.29 is 91.6 Å². The van der Waals surface area contributed by atoms with Crippen molar-refractivity contribution in [2.24, 2.45) is 20.5 Å². The number of aryl methyl sites for hydroxylation is 1. The zero-order valence-electron chi connectivity index (χ0n) is 28.6. The Morgan fingerprint density at radius 3 is 1.93 bits per heavy atom. The van der Waals surface area contributed by atoms with Gasteiger partial charge in [0.25, 0.3) is 11.4 Å². The fourth-order valence-electron chi connectivity index (χ4n) is 4.54. The van der Waals surface area contributed by atoms with Crippen LogP contribution in [0.2, 0.25) is 0 Å². The number of hydrogen-bond donors (Lipinski definition) is 0. The van der Waals surface area contributed by atoms with E-state index in [1.807, 2.05) is 6.07 Å². The first-order chi connectivity index (χ1) is 24.6. The van der Waals surface area contributed by atoms with Gasteiger partial charge in [-0.1, -0.05) is 77.9 Å². The van der Waals surface area contributed by atoms with Crippen LogP contribution in [-0.2, 0) is 27.5 Å². The van der Waals surface area contributed by atoms with E-state index in [9.17, 15) is 53.6 Å². The third kappa shape index (κ3) is 9.60. The molecule has 0 amide bonds. The number of nitro benzene ring substituents is 2. The van der Waals surface area contributed by atoms with Crippen LogP contribution in [0.1, 0.15) is 7.12 Å². The van der Waals surface area contributed by atoms with Crippen LogP contribution < -0.4 is 50.0 Å². The van der Waals surface area contributed by atoms with Gasteiger partial charge in [0.15, 0.2) is 0 Å². The Morgan fingerprint density at radius 2 is 1.28 bits per heavy atom. The maximum atomic E-state index is 12.4. The number of hydrogen-bond acceptors (Lipinski definition) is 16. The maximum absolute atomic E-state index is 12.4. The van der Waals surface area contributed by atoms with Crippen LogP contribution in [0.5, 0.6) is 23.1 Å². The van der Waals surface area contributed by atoms with Gasteiger partial charge in [-0.05, 0) is 24.4 Å². The molecule has 1 aromatic heterocycles. The van der Waals surface area contributed by atoms with Crippen molar-refractivity contribution >= 4 is 55.0 Å². The summed E-state index contributed by atoms with van der Waals surface area (Å²) >= 11 is 0. The monoisotopic (exact) mass is 799 g/mol. The molecule has 0 spiro atoms. The number of aromatic nitrogens is 2. The van der Waals surface area contributed by atoms with Gasteiger partial charge in [-0.25, -0.2) is 13.1 Å². The quantitative estimate of drug-likeness (QED) is 0.0702. The molecule has 5 aromatic carbocycles. The van der Waals surface area contributed by atoms with Crippen LogP contribution in [0.3, 0.4) is 0 Å². The van der Waals surface area contributed by atoms with Gasteiger partial charge in [0.1, 0.15) is 15.8 Å². The molecule has 0 aliphatic carbocycles. The van der Waals surface area contributed by atoms with E-state index in [4.69, 9.17) is 0 Å². The second-order valence-corrected chi connectivity index (χ2v) is 11.8. The van der Waals surface area contributed by atoms with E-state index in [1.54, 1.807) is 61.5 Å². The minimum absolute atomic E-state index is 0. The van der Waals surface area contributed by atoms with E-state index in [2.05, 4.69) is 25.6 Å². The SMILES string of the molecule is Cc1nn(-c2ccccc2)c([O-])c1N=Nc1cc([N+](=O)[O-])ccc1[O-].O=[N+]([O-])c1cc(N=Nc2c([O-])ccc3ccccc23)c([O-])c(S(=O)(=O)[O-])c1.[Cr+3].[H+].[Na+]. The van der Waals surface area contributed by atoms with Crippen molar-refractivity contribution in [2.45, 2.75) is 11.8 Å². The van der Waals surface area contributed by atoms with E-state index in [1.165, 1.54) is 10.7 Å². The van der Waals surface area contributed by atoms with Crippen molar-refractivity contribution in [3.05, 3.63) is 123 Å². The molecular formula is C32H20CrN8NaO11S. The topological polar surface area (TPSA) is 303 Å². The van der Waals surface area contributed by atoms with Crippen molar-refractivity contribution in [1.82, 2.24) is 9.78 Å². The average Bonchev–Trinajstić information content (AvgIpc) is 3.40. The van der Waals surface area contributed by atoms with Crippen LogP contribution >= 0.6 is 0 Å². The normalized spacial score (nSPS) is 11.1. The van der Waals surface area contributed by atoms with Gasteiger partial charge in [-0.3, -0.25) is 20.2 Å². The molecular weight excluding hydrogens is 779 g/mol. The largest absolute Gasteiger partial charge is 3.00 e. The van der Waals surface area contributed by atoms with Gasteiger partial charge in [-0.2, -0.15) is 20.4 Å². The summed E-state index contributed by atoms with van der Waals surface area (Å²) in [6.45, 7) is 1.58. The number of azo groups is 2. The number of nitrogens with zero attached hydrogens (tertiary/aromatic N) is 8. The Labute approximate surface area is 338 Å². The number of nitro groups is 2. The predicted octanol–water partition coefficient (Wildman–Crippen LogP) is 1.98. The number of benzene rings is 5. The van der Waals surface area contributed by atoms with Gasteiger partial charge in [0, 0.05) is 35.5 Å². The fraction of sp³-hybridized carbons (Fsp3) is 0.0312. The second-order valence-electron chi connectivity index (χ2n) is 10.4. The Hall–Kier alpha value is -5.79. The smallest absolute Gasteiger partial charge is 0.871 e. The summed E-state index contributed by atoms with van der Waals surface area (Å²) in [5.41, 5.74) is -1.34. The van der Waals surface area contributed by atoms with Crippen LogP contribution in [0.25, 0.3) is 16.5 Å². The van der Waals surface area contributed by atoms with Crippen molar-refractivity contribution in [1.29, 1.82) is 0 Å². The summed E-state index contributed by atoms with van der Waals surface area (Å²) in [4.78, 5) is 18.8. The Bertz CT molecular complexity index is 2540. The summed E-state index contributed by atoms with van der Waals surface area (Å²) in [7, 11) is -5.27. The zero-order chi connectivity index (χ0) is 37.7. The first-order valence-corrected chi connectivity index (χ1v) is 15.8. The number of para-hydroxylation sites is 1. The molecule has 22 heteroatoms. The molecule has 0 unspecified atom stereocenters. The van der Waals surface area contributed by atoms with E-state index < -0.39 is 59.4 Å². The first-order valence-electron chi connectivity index (χ1n) is 14.4. The summed E-state index contributed by atoms with van der Waals surface area (Å²) in [5.74, 6) is -2.89. The predicted molar refractivity (Wildman–Crippen MR) is 174 cm³/mol. The van der Waals surface area contributed by atoms with Crippen LogP contribution in [0.4, 0.5) is 34.1 Å². The zero-order valence-corrected chi connectivity index (χ0v) is 31.7. The molecule has 0 fully saturated rings. The molecule has 1 heterocycles. The maximum Gasteiger partial charge on any atom is 3.00 e. The molecule has 0 atom stereocenters. The molecule has 19 nitrogen and oxygen atoms in total. The fourth-order valence-corrected chi connectivity index (χ4v) is 5.14.